The molecular weight excluding hydrogens is 521 g/mol. The van der Waals surface area contributed by atoms with Crippen molar-refractivity contribution in [3.8, 4) is 0 Å². The SMILES string of the molecule is Nc1cc(C[C@H]2C(=O)N(C(=O)Nc3ccccc3)[C@@H]2C(=O)OCc2ccccc2)ccn1.O=C(O)C(F)(F)F. The van der Waals surface area contributed by atoms with Gasteiger partial charge in [0.2, 0.25) is 5.91 Å². The summed E-state index contributed by atoms with van der Waals surface area (Å²) in [4.78, 5) is 52.4. The number of carboxylic acids is 1. The van der Waals surface area contributed by atoms with Gasteiger partial charge in [0.25, 0.3) is 0 Å². The Hall–Kier alpha value is -4.94. The highest BCUT2D eigenvalue weighted by Gasteiger charge is 2.55. The van der Waals surface area contributed by atoms with Gasteiger partial charge >= 0.3 is 24.1 Å². The van der Waals surface area contributed by atoms with E-state index in [1.54, 1.807) is 36.4 Å². The Balaban J connectivity index is 0.000000532. The highest BCUT2D eigenvalue weighted by atomic mass is 19.4. The number of aromatic nitrogens is 1. The molecule has 1 saturated heterocycles. The molecule has 0 unspecified atom stereocenters. The predicted molar refractivity (Wildman–Crippen MR) is 132 cm³/mol. The number of para-hydroxylation sites is 1. The van der Waals surface area contributed by atoms with Crippen molar-refractivity contribution >= 4 is 35.4 Å². The minimum absolute atomic E-state index is 0.0490. The molecule has 3 aromatic rings. The van der Waals surface area contributed by atoms with Crippen LogP contribution >= 0.6 is 0 Å². The summed E-state index contributed by atoms with van der Waals surface area (Å²) in [5.41, 5.74) is 7.81. The fourth-order valence-corrected chi connectivity index (χ4v) is 3.64. The van der Waals surface area contributed by atoms with Crippen molar-refractivity contribution in [1.82, 2.24) is 9.88 Å². The lowest BCUT2D eigenvalue weighted by Gasteiger charge is -2.43. The van der Waals surface area contributed by atoms with Gasteiger partial charge in [-0.25, -0.2) is 24.3 Å². The smallest absolute Gasteiger partial charge is 0.475 e. The molecule has 1 fully saturated rings. The van der Waals surface area contributed by atoms with Gasteiger partial charge < -0.3 is 20.9 Å². The number of likely N-dealkylation sites (tertiary alicyclic amines) is 1. The lowest BCUT2D eigenvalue weighted by atomic mass is 9.82. The van der Waals surface area contributed by atoms with E-state index in [0.29, 0.717) is 11.5 Å². The van der Waals surface area contributed by atoms with E-state index in [-0.39, 0.29) is 13.0 Å². The number of nitrogens with zero attached hydrogens (tertiary/aromatic N) is 2. The zero-order valence-electron chi connectivity index (χ0n) is 20.2. The van der Waals surface area contributed by atoms with Gasteiger partial charge in [0.1, 0.15) is 12.4 Å². The van der Waals surface area contributed by atoms with Crippen LogP contribution in [0.3, 0.4) is 0 Å². The third-order valence-corrected chi connectivity index (χ3v) is 5.47. The number of pyridine rings is 1. The standard InChI is InChI=1S/C24H22N4O4.C2HF3O2/c25-20-14-17(11-12-26-20)13-19-21(23(30)32-15-16-7-3-1-4-8-16)28(22(19)29)24(31)27-18-9-5-2-6-10-18;3-2(4,5)1(6)7/h1-12,14,19,21H,13,15H2,(H2,25,26)(H,27,31);(H,6,7)/t19-,21+;/m1./s1. The van der Waals surface area contributed by atoms with Gasteiger partial charge in [0, 0.05) is 11.9 Å². The molecule has 4 rings (SSSR count). The molecule has 0 spiro atoms. The number of hydrogen-bond donors (Lipinski definition) is 3. The Labute approximate surface area is 220 Å². The zero-order valence-corrected chi connectivity index (χ0v) is 20.2. The van der Waals surface area contributed by atoms with E-state index in [9.17, 15) is 27.6 Å². The second kappa shape index (κ2) is 12.5. The lowest BCUT2D eigenvalue weighted by molar-refractivity contribution is -0.192. The number of aliphatic carboxylic acids is 1. The summed E-state index contributed by atoms with van der Waals surface area (Å²) in [5.74, 6) is -4.26. The highest BCUT2D eigenvalue weighted by Crippen LogP contribution is 2.32. The number of anilines is 2. The molecule has 0 saturated carbocycles. The van der Waals surface area contributed by atoms with Gasteiger partial charge in [0.15, 0.2) is 6.04 Å². The second-order valence-corrected chi connectivity index (χ2v) is 8.25. The third-order valence-electron chi connectivity index (χ3n) is 5.47. The van der Waals surface area contributed by atoms with Crippen LogP contribution in [0.2, 0.25) is 0 Å². The van der Waals surface area contributed by atoms with Gasteiger partial charge in [-0.15, -0.1) is 0 Å². The Morgan fingerprint density at radius 3 is 2.15 bits per heavy atom. The van der Waals surface area contributed by atoms with Crippen molar-refractivity contribution < 1.29 is 42.2 Å². The van der Waals surface area contributed by atoms with Crippen LogP contribution in [0.1, 0.15) is 11.1 Å². The fourth-order valence-electron chi connectivity index (χ4n) is 3.64. The molecule has 4 N–H and O–H groups in total. The number of hydrogen-bond acceptors (Lipinski definition) is 7. The van der Waals surface area contributed by atoms with Gasteiger partial charge in [-0.1, -0.05) is 48.5 Å². The van der Waals surface area contributed by atoms with Gasteiger partial charge in [-0.2, -0.15) is 13.2 Å². The first kappa shape index (κ1) is 28.6. The summed E-state index contributed by atoms with van der Waals surface area (Å²) < 4.78 is 37.2. The molecule has 2 heterocycles. The Kier molecular flexibility index (Phi) is 9.20. The predicted octanol–water partition coefficient (Wildman–Crippen LogP) is 3.64. The Morgan fingerprint density at radius 2 is 1.59 bits per heavy atom. The molecule has 0 aliphatic carbocycles. The molecule has 1 aromatic heterocycles. The maximum atomic E-state index is 12.9. The molecule has 204 valence electrons. The fraction of sp³-hybridized carbons (Fsp3) is 0.192. The van der Waals surface area contributed by atoms with Gasteiger partial charge in [-0.05, 0) is 41.8 Å². The summed E-state index contributed by atoms with van der Waals surface area (Å²) in [6.45, 7) is 0.0490. The molecule has 1 aliphatic rings. The number of imide groups is 1. The van der Waals surface area contributed by atoms with Crippen LogP contribution < -0.4 is 11.1 Å². The number of nitrogens with one attached hydrogen (secondary N) is 1. The monoisotopic (exact) mass is 544 g/mol. The number of carbonyl (C=O) groups is 4. The number of β-lactam (4-membered cyclic amide) rings is 1. The van der Waals surface area contributed by atoms with Crippen LogP contribution in [0.15, 0.2) is 79.0 Å². The van der Waals surface area contributed by atoms with Crippen molar-refractivity contribution in [1.29, 1.82) is 0 Å². The number of carboxylic acid groups (broad SMARTS) is 1. The van der Waals surface area contributed by atoms with Crippen molar-refractivity contribution in [3.05, 3.63) is 90.1 Å². The summed E-state index contributed by atoms with van der Waals surface area (Å²) in [6.07, 6.45) is -3.30. The van der Waals surface area contributed by atoms with Crippen molar-refractivity contribution in [2.75, 3.05) is 11.1 Å². The normalized spacial score (nSPS) is 16.3. The zero-order chi connectivity index (χ0) is 28.6. The number of urea groups is 1. The molecule has 10 nitrogen and oxygen atoms in total. The summed E-state index contributed by atoms with van der Waals surface area (Å²) >= 11 is 0. The average molecular weight is 544 g/mol. The quantitative estimate of drug-likeness (QED) is 0.314. The van der Waals surface area contributed by atoms with Crippen LogP contribution in [-0.2, 0) is 32.1 Å². The molecule has 2 aromatic carbocycles. The Morgan fingerprint density at radius 1 is 1.00 bits per heavy atom. The number of carbonyl (C=O) groups excluding carboxylic acids is 3. The van der Waals surface area contributed by atoms with E-state index in [0.717, 1.165) is 16.0 Å². The number of nitrogens with two attached hydrogens (primary N) is 1. The molecular formula is C26H23F3N4O6. The third kappa shape index (κ3) is 7.77. The van der Waals surface area contributed by atoms with E-state index in [2.05, 4.69) is 10.3 Å². The van der Waals surface area contributed by atoms with E-state index in [1.165, 1.54) is 6.20 Å². The van der Waals surface area contributed by atoms with Crippen molar-refractivity contribution in [2.45, 2.75) is 25.2 Å². The van der Waals surface area contributed by atoms with Crippen molar-refractivity contribution in [3.63, 3.8) is 0 Å². The molecule has 1 aliphatic heterocycles. The summed E-state index contributed by atoms with van der Waals surface area (Å²) in [5, 5.41) is 9.78. The topological polar surface area (TPSA) is 152 Å². The minimum atomic E-state index is -5.08. The number of ether oxygens (including phenoxy) is 1. The van der Waals surface area contributed by atoms with Crippen LogP contribution in [0, 0.1) is 5.92 Å². The first-order valence-electron chi connectivity index (χ1n) is 11.4. The van der Waals surface area contributed by atoms with Gasteiger partial charge in [0.05, 0.1) is 5.92 Å². The molecule has 0 radical (unpaired) electrons. The number of benzene rings is 2. The number of halogens is 3. The largest absolute Gasteiger partial charge is 0.490 e. The highest BCUT2D eigenvalue weighted by molar-refractivity contribution is 6.11. The summed E-state index contributed by atoms with van der Waals surface area (Å²) in [6, 6.07) is 19.6. The van der Waals surface area contributed by atoms with Crippen molar-refractivity contribution in [2.24, 2.45) is 5.92 Å². The van der Waals surface area contributed by atoms with Crippen LogP contribution in [0.4, 0.5) is 29.5 Å². The number of alkyl halides is 3. The second-order valence-electron chi connectivity index (χ2n) is 8.25. The Bertz CT molecular complexity index is 1320. The average Bonchev–Trinajstić information content (AvgIpc) is 2.89. The van der Waals surface area contributed by atoms with Crippen LogP contribution in [0.25, 0.3) is 0 Å². The summed E-state index contributed by atoms with van der Waals surface area (Å²) in [7, 11) is 0. The first-order valence-corrected chi connectivity index (χ1v) is 11.4. The van der Waals surface area contributed by atoms with E-state index < -0.39 is 42.0 Å². The number of esters is 1. The van der Waals surface area contributed by atoms with E-state index in [1.807, 2.05) is 36.4 Å². The molecule has 3 amide bonds. The number of rotatable bonds is 6. The lowest BCUT2D eigenvalue weighted by Crippen LogP contribution is -2.68. The first-order chi connectivity index (χ1) is 18.5. The number of amides is 3. The molecule has 13 heteroatoms. The maximum absolute atomic E-state index is 12.9. The molecule has 2 atom stereocenters. The van der Waals surface area contributed by atoms with Gasteiger partial charge in [-0.3, -0.25) is 4.79 Å². The van der Waals surface area contributed by atoms with Crippen LogP contribution in [0.5, 0.6) is 0 Å². The van der Waals surface area contributed by atoms with Crippen LogP contribution in [-0.4, -0.2) is 51.1 Å². The molecule has 0 bridgehead atoms. The van der Waals surface area contributed by atoms with E-state index in [4.69, 9.17) is 20.4 Å². The van der Waals surface area contributed by atoms with E-state index >= 15 is 0 Å². The number of nitrogen functional groups attached to an aromatic ring is 1. The molecule has 39 heavy (non-hydrogen) atoms. The minimum Gasteiger partial charge on any atom is -0.475 e. The maximum Gasteiger partial charge on any atom is 0.490 e.